The molecule has 0 aliphatic rings. The standard InChI is InChI=1S/C7H7ClN2O/c1-3-5-7(9-2)11-6(4-8)10-5/h3H,1-2,4H2. The number of aliphatic imine (C=N–C) groups is 1. The molecule has 0 aliphatic heterocycles. The number of rotatable bonds is 3. The van der Waals surface area contributed by atoms with E-state index < -0.39 is 0 Å². The van der Waals surface area contributed by atoms with E-state index in [2.05, 4.69) is 23.3 Å². The fraction of sp³-hybridized carbons (Fsp3) is 0.143. The maximum atomic E-state index is 5.47. The normalized spacial score (nSPS) is 9.55. The smallest absolute Gasteiger partial charge is 0.246 e. The van der Waals surface area contributed by atoms with Crippen LogP contribution in [-0.4, -0.2) is 11.7 Å². The first-order valence-electron chi connectivity index (χ1n) is 2.96. The van der Waals surface area contributed by atoms with Gasteiger partial charge in [0.05, 0.1) is 5.88 Å². The van der Waals surface area contributed by atoms with Gasteiger partial charge in [0, 0.05) is 0 Å². The molecule has 58 valence electrons. The van der Waals surface area contributed by atoms with Crippen LogP contribution < -0.4 is 0 Å². The van der Waals surface area contributed by atoms with Crippen LogP contribution in [0.3, 0.4) is 0 Å². The highest BCUT2D eigenvalue weighted by Crippen LogP contribution is 2.21. The minimum absolute atomic E-state index is 0.232. The molecule has 0 amide bonds. The van der Waals surface area contributed by atoms with Crippen molar-refractivity contribution in [2.45, 2.75) is 5.88 Å². The highest BCUT2D eigenvalue weighted by atomic mass is 35.5. The Kier molecular flexibility index (Phi) is 2.44. The van der Waals surface area contributed by atoms with E-state index in [9.17, 15) is 0 Å². The van der Waals surface area contributed by atoms with Gasteiger partial charge in [0.1, 0.15) is 5.69 Å². The van der Waals surface area contributed by atoms with Gasteiger partial charge in [-0.25, -0.2) is 9.98 Å². The van der Waals surface area contributed by atoms with E-state index in [0.29, 0.717) is 17.5 Å². The molecule has 1 heterocycles. The van der Waals surface area contributed by atoms with E-state index in [1.807, 2.05) is 0 Å². The maximum absolute atomic E-state index is 5.47. The molecule has 11 heavy (non-hydrogen) atoms. The quantitative estimate of drug-likeness (QED) is 0.516. The zero-order valence-electron chi connectivity index (χ0n) is 5.88. The third kappa shape index (κ3) is 1.49. The van der Waals surface area contributed by atoms with Crippen LogP contribution in [0.5, 0.6) is 0 Å². The third-order valence-electron chi connectivity index (χ3n) is 1.13. The summed E-state index contributed by atoms with van der Waals surface area (Å²) in [5, 5.41) is 0. The lowest BCUT2D eigenvalue weighted by Gasteiger charge is -1.81. The number of halogens is 1. The second-order valence-electron chi connectivity index (χ2n) is 1.79. The Morgan fingerprint density at radius 3 is 2.82 bits per heavy atom. The Bertz CT molecular complexity index is 254. The van der Waals surface area contributed by atoms with Gasteiger partial charge in [0.2, 0.25) is 11.8 Å². The maximum Gasteiger partial charge on any atom is 0.246 e. The predicted octanol–water partition coefficient (Wildman–Crippen LogP) is 2.39. The van der Waals surface area contributed by atoms with Gasteiger partial charge >= 0.3 is 0 Å². The van der Waals surface area contributed by atoms with Gasteiger partial charge in [0.15, 0.2) is 0 Å². The summed E-state index contributed by atoms with van der Waals surface area (Å²) in [7, 11) is 0. The van der Waals surface area contributed by atoms with Gasteiger partial charge in [-0.05, 0) is 12.8 Å². The van der Waals surface area contributed by atoms with Crippen LogP contribution in [0.4, 0.5) is 5.88 Å². The van der Waals surface area contributed by atoms with Crippen LogP contribution in [-0.2, 0) is 5.88 Å². The number of oxazole rings is 1. The van der Waals surface area contributed by atoms with Crippen LogP contribution in [0.1, 0.15) is 11.6 Å². The van der Waals surface area contributed by atoms with E-state index in [-0.39, 0.29) is 5.88 Å². The zero-order chi connectivity index (χ0) is 8.27. The van der Waals surface area contributed by atoms with Crippen LogP contribution in [0.25, 0.3) is 6.08 Å². The Morgan fingerprint density at radius 1 is 1.73 bits per heavy atom. The van der Waals surface area contributed by atoms with E-state index in [1.54, 1.807) is 6.08 Å². The van der Waals surface area contributed by atoms with Gasteiger partial charge in [-0.3, -0.25) is 0 Å². The molecule has 1 aromatic heterocycles. The van der Waals surface area contributed by atoms with E-state index in [1.165, 1.54) is 0 Å². The lowest BCUT2D eigenvalue weighted by molar-refractivity contribution is 0.526. The van der Waals surface area contributed by atoms with Crippen molar-refractivity contribution in [2.24, 2.45) is 4.99 Å². The first kappa shape index (κ1) is 8.01. The van der Waals surface area contributed by atoms with E-state index in [0.717, 1.165) is 0 Å². The molecule has 0 radical (unpaired) electrons. The van der Waals surface area contributed by atoms with Gasteiger partial charge in [-0.1, -0.05) is 6.58 Å². The van der Waals surface area contributed by atoms with Crippen LogP contribution >= 0.6 is 11.6 Å². The number of aromatic nitrogens is 1. The number of alkyl halides is 1. The summed E-state index contributed by atoms with van der Waals surface area (Å²) in [6, 6.07) is 0. The zero-order valence-corrected chi connectivity index (χ0v) is 6.64. The summed E-state index contributed by atoms with van der Waals surface area (Å²) >= 11 is 5.47. The molecular weight excluding hydrogens is 164 g/mol. The summed E-state index contributed by atoms with van der Waals surface area (Å²) in [6.45, 7) is 6.85. The summed E-state index contributed by atoms with van der Waals surface area (Å²) < 4.78 is 5.06. The number of nitrogens with zero attached hydrogens (tertiary/aromatic N) is 2. The van der Waals surface area contributed by atoms with Gasteiger partial charge < -0.3 is 4.42 Å². The van der Waals surface area contributed by atoms with Crippen LogP contribution in [0, 0.1) is 0 Å². The average molecular weight is 171 g/mol. The number of hydrogen-bond acceptors (Lipinski definition) is 3. The number of hydrogen-bond donors (Lipinski definition) is 0. The monoisotopic (exact) mass is 170 g/mol. The first-order valence-corrected chi connectivity index (χ1v) is 3.50. The summed E-state index contributed by atoms with van der Waals surface area (Å²) in [5.74, 6) is 1.04. The molecule has 0 atom stereocenters. The minimum Gasteiger partial charge on any atom is -0.421 e. The van der Waals surface area contributed by atoms with Gasteiger partial charge in [-0.15, -0.1) is 11.6 Å². The van der Waals surface area contributed by atoms with Crippen molar-refractivity contribution in [3.05, 3.63) is 18.2 Å². The topological polar surface area (TPSA) is 38.4 Å². The second-order valence-corrected chi connectivity index (χ2v) is 2.06. The SMILES string of the molecule is C=Cc1nc(CCl)oc1N=C. The molecule has 1 aromatic rings. The van der Waals surface area contributed by atoms with Crippen molar-refractivity contribution >= 4 is 30.3 Å². The Labute approximate surface area is 69.4 Å². The molecule has 4 heteroatoms. The van der Waals surface area contributed by atoms with Crippen molar-refractivity contribution in [1.29, 1.82) is 0 Å². The molecule has 0 spiro atoms. The third-order valence-corrected chi connectivity index (χ3v) is 1.36. The fourth-order valence-electron chi connectivity index (χ4n) is 0.672. The first-order chi connectivity index (χ1) is 5.31. The van der Waals surface area contributed by atoms with Crippen LogP contribution in [0.15, 0.2) is 16.0 Å². The van der Waals surface area contributed by atoms with Crippen molar-refractivity contribution in [1.82, 2.24) is 4.98 Å². The Hall–Kier alpha value is -1.09. The highest BCUT2D eigenvalue weighted by Gasteiger charge is 2.06. The average Bonchev–Trinajstić information content (AvgIpc) is 2.46. The van der Waals surface area contributed by atoms with Crippen molar-refractivity contribution in [3.63, 3.8) is 0 Å². The molecule has 1 rings (SSSR count). The Balaban J connectivity index is 3.11. The van der Waals surface area contributed by atoms with Gasteiger partial charge in [-0.2, -0.15) is 0 Å². The Morgan fingerprint density at radius 2 is 2.45 bits per heavy atom. The van der Waals surface area contributed by atoms with Crippen molar-refractivity contribution in [2.75, 3.05) is 0 Å². The molecule has 0 aliphatic carbocycles. The molecule has 0 unspecified atom stereocenters. The molecule has 3 nitrogen and oxygen atoms in total. The second kappa shape index (κ2) is 3.34. The fourth-order valence-corrected chi connectivity index (χ4v) is 0.787. The molecule has 0 N–H and O–H groups in total. The molecule has 0 fully saturated rings. The summed E-state index contributed by atoms with van der Waals surface area (Å²) in [6.07, 6.45) is 1.55. The molecule has 0 saturated heterocycles. The summed E-state index contributed by atoms with van der Waals surface area (Å²) in [4.78, 5) is 7.57. The largest absolute Gasteiger partial charge is 0.421 e. The molecule has 0 bridgehead atoms. The van der Waals surface area contributed by atoms with E-state index in [4.69, 9.17) is 16.0 Å². The van der Waals surface area contributed by atoms with E-state index >= 15 is 0 Å². The minimum atomic E-state index is 0.232. The van der Waals surface area contributed by atoms with Crippen molar-refractivity contribution < 1.29 is 4.42 Å². The van der Waals surface area contributed by atoms with Crippen molar-refractivity contribution in [3.8, 4) is 0 Å². The lowest BCUT2D eigenvalue weighted by atomic mass is 10.4. The summed E-state index contributed by atoms with van der Waals surface area (Å²) in [5.41, 5.74) is 0.579. The highest BCUT2D eigenvalue weighted by molar-refractivity contribution is 6.16. The molecule has 0 saturated carbocycles. The lowest BCUT2D eigenvalue weighted by Crippen LogP contribution is -1.75. The van der Waals surface area contributed by atoms with Gasteiger partial charge in [0.25, 0.3) is 0 Å². The van der Waals surface area contributed by atoms with Crippen LogP contribution in [0.2, 0.25) is 0 Å². The molecule has 0 aromatic carbocycles. The predicted molar refractivity (Wildman–Crippen MR) is 45.4 cm³/mol. The molecular formula is C7H7ClN2O.